The smallest absolute Gasteiger partial charge is 0.306 e. The molecule has 0 saturated heterocycles. The van der Waals surface area contributed by atoms with E-state index in [4.69, 9.17) is 14.2 Å². The third-order valence-electron chi connectivity index (χ3n) is 12.5. The summed E-state index contributed by atoms with van der Waals surface area (Å²) in [5.41, 5.74) is 0. The molecule has 0 amide bonds. The first-order valence-corrected chi connectivity index (χ1v) is 28.8. The Morgan fingerprint density at radius 3 is 0.896 bits per heavy atom. The summed E-state index contributed by atoms with van der Waals surface area (Å²) < 4.78 is 16.8. The summed E-state index contributed by atoms with van der Waals surface area (Å²) in [5.74, 6) is -0.914. The first-order valence-electron chi connectivity index (χ1n) is 28.8. The predicted molar refractivity (Wildman–Crippen MR) is 288 cm³/mol. The van der Waals surface area contributed by atoms with E-state index in [0.717, 1.165) is 89.9 Å². The Labute approximate surface area is 415 Å². The van der Waals surface area contributed by atoms with Crippen molar-refractivity contribution in [1.82, 2.24) is 0 Å². The molecule has 0 N–H and O–H groups in total. The average molecular weight is 938 g/mol. The number of hydrogen-bond acceptors (Lipinski definition) is 6. The summed E-state index contributed by atoms with van der Waals surface area (Å²) in [5, 5.41) is 0. The summed E-state index contributed by atoms with van der Waals surface area (Å²) in [6.07, 6.45) is 69.2. The van der Waals surface area contributed by atoms with Crippen LogP contribution in [0.25, 0.3) is 0 Å². The molecular weight excluding hydrogens is 829 g/mol. The Balaban J connectivity index is 4.43. The molecule has 0 unspecified atom stereocenters. The van der Waals surface area contributed by atoms with Crippen LogP contribution in [0.1, 0.15) is 290 Å². The number of ether oxygens (including phenoxy) is 3. The van der Waals surface area contributed by atoms with Crippen LogP contribution in [0, 0.1) is 0 Å². The minimum absolute atomic E-state index is 0.0864. The Kier molecular flexibility index (Phi) is 53.3. The van der Waals surface area contributed by atoms with Crippen LogP contribution >= 0.6 is 0 Å². The molecule has 6 heteroatoms. The third kappa shape index (κ3) is 53.9. The average Bonchev–Trinajstić information content (AvgIpc) is 3.33. The molecule has 388 valence electrons. The van der Waals surface area contributed by atoms with Crippen molar-refractivity contribution in [2.45, 2.75) is 297 Å². The van der Waals surface area contributed by atoms with Crippen LogP contribution in [0.4, 0.5) is 0 Å². The third-order valence-corrected chi connectivity index (χ3v) is 12.5. The number of hydrogen-bond donors (Lipinski definition) is 0. The van der Waals surface area contributed by atoms with Gasteiger partial charge in [-0.15, -0.1) is 0 Å². The predicted octanol–water partition coefficient (Wildman–Crippen LogP) is 19.2. The molecule has 0 rings (SSSR count). The molecule has 0 fully saturated rings. The van der Waals surface area contributed by atoms with Crippen molar-refractivity contribution in [2.24, 2.45) is 0 Å². The van der Waals surface area contributed by atoms with Gasteiger partial charge >= 0.3 is 17.9 Å². The van der Waals surface area contributed by atoms with Crippen molar-refractivity contribution in [3.63, 3.8) is 0 Å². The molecule has 0 aromatic carbocycles. The summed E-state index contributed by atoms with van der Waals surface area (Å²) in [6, 6.07) is 0. The van der Waals surface area contributed by atoms with E-state index in [2.05, 4.69) is 81.5 Å². The highest BCUT2D eigenvalue weighted by Gasteiger charge is 2.19. The molecule has 1 atom stereocenters. The second-order valence-electron chi connectivity index (χ2n) is 19.2. The first kappa shape index (κ1) is 64.1. The van der Waals surface area contributed by atoms with Gasteiger partial charge in [0.1, 0.15) is 13.2 Å². The number of rotatable bonds is 52. The molecule has 0 heterocycles. The fourth-order valence-corrected chi connectivity index (χ4v) is 8.13. The molecule has 67 heavy (non-hydrogen) atoms. The van der Waals surface area contributed by atoms with Gasteiger partial charge < -0.3 is 14.2 Å². The number of unbranched alkanes of at least 4 members (excludes halogenated alkanes) is 31. The minimum atomic E-state index is -0.789. The molecule has 0 aromatic rings. The molecule has 0 saturated carbocycles. The molecule has 0 spiro atoms. The second-order valence-corrected chi connectivity index (χ2v) is 19.2. The zero-order valence-corrected chi connectivity index (χ0v) is 44.4. The maximum Gasteiger partial charge on any atom is 0.306 e. The van der Waals surface area contributed by atoms with Crippen LogP contribution in [-0.4, -0.2) is 37.2 Å². The van der Waals surface area contributed by atoms with E-state index in [-0.39, 0.29) is 31.1 Å². The van der Waals surface area contributed by atoms with Crippen LogP contribution in [0.15, 0.2) is 60.8 Å². The number of carbonyl (C=O) groups excluding carboxylic acids is 3. The highest BCUT2D eigenvalue weighted by atomic mass is 16.6. The lowest BCUT2D eigenvalue weighted by Crippen LogP contribution is -2.30. The summed E-state index contributed by atoms with van der Waals surface area (Å²) in [7, 11) is 0. The fraction of sp³-hybridized carbons (Fsp3) is 0.787. The van der Waals surface area contributed by atoms with E-state index in [1.165, 1.54) is 161 Å². The standard InChI is InChI=1S/C61H108O6/c1-4-7-10-13-16-19-22-25-28-29-30-31-34-36-39-42-45-48-51-54-60(63)66-57-58(67-61(64)55-52-49-46-43-40-37-33-27-24-21-18-15-12-9-6-3)56-65-59(62)53-50-47-44-41-38-35-32-26-23-20-17-14-11-8-5-2/h16,19,25-26,28,30-32,36,39,58H,4-15,17-18,20-24,27,29,33-35,37-38,40-57H2,1-3H3/b19-16-,28-25-,31-30-,32-26-,39-36-/t58-/m0/s1. The van der Waals surface area contributed by atoms with Gasteiger partial charge in [0.2, 0.25) is 0 Å². The zero-order chi connectivity index (χ0) is 48.6. The Hall–Kier alpha value is -2.89. The molecule has 0 radical (unpaired) electrons. The topological polar surface area (TPSA) is 78.9 Å². The SMILES string of the molecule is CCCCC/C=C\C/C=C\C/C=C\C/C=C\CCCCCC(=O)OC[C@H](COC(=O)CCCCCCC/C=C\CCCCCCCC)OC(=O)CCCCCCCCCCCCCCCCC. The molecule has 0 aromatic heterocycles. The van der Waals surface area contributed by atoms with Crippen LogP contribution in [0.2, 0.25) is 0 Å². The highest BCUT2D eigenvalue weighted by molar-refractivity contribution is 5.71. The van der Waals surface area contributed by atoms with Gasteiger partial charge in [-0.3, -0.25) is 14.4 Å². The Bertz CT molecular complexity index is 1210. The van der Waals surface area contributed by atoms with E-state index in [0.29, 0.717) is 19.3 Å². The number of carbonyl (C=O) groups is 3. The second kappa shape index (κ2) is 55.7. The number of esters is 3. The van der Waals surface area contributed by atoms with E-state index in [1.54, 1.807) is 0 Å². The largest absolute Gasteiger partial charge is 0.462 e. The van der Waals surface area contributed by atoms with Gasteiger partial charge in [0.15, 0.2) is 6.10 Å². The molecule has 0 bridgehead atoms. The van der Waals surface area contributed by atoms with Gasteiger partial charge in [-0.2, -0.15) is 0 Å². The number of allylic oxidation sites excluding steroid dienone is 10. The first-order chi connectivity index (χ1) is 33.0. The van der Waals surface area contributed by atoms with Crippen LogP contribution in [0.5, 0.6) is 0 Å². The Morgan fingerprint density at radius 2 is 0.537 bits per heavy atom. The monoisotopic (exact) mass is 937 g/mol. The maximum absolute atomic E-state index is 12.8. The van der Waals surface area contributed by atoms with E-state index in [9.17, 15) is 14.4 Å². The molecule has 6 nitrogen and oxygen atoms in total. The fourth-order valence-electron chi connectivity index (χ4n) is 8.13. The summed E-state index contributed by atoms with van der Waals surface area (Å²) in [6.45, 7) is 6.60. The van der Waals surface area contributed by atoms with E-state index in [1.807, 2.05) is 0 Å². The lowest BCUT2D eigenvalue weighted by atomic mass is 10.0. The summed E-state index contributed by atoms with van der Waals surface area (Å²) in [4.78, 5) is 38.1. The van der Waals surface area contributed by atoms with Crippen molar-refractivity contribution >= 4 is 17.9 Å². The van der Waals surface area contributed by atoms with Crippen molar-refractivity contribution in [2.75, 3.05) is 13.2 Å². The maximum atomic E-state index is 12.8. The van der Waals surface area contributed by atoms with Gasteiger partial charge in [0, 0.05) is 19.3 Å². The lowest BCUT2D eigenvalue weighted by Gasteiger charge is -2.18. The van der Waals surface area contributed by atoms with Crippen molar-refractivity contribution in [1.29, 1.82) is 0 Å². The van der Waals surface area contributed by atoms with E-state index < -0.39 is 6.10 Å². The quantitative estimate of drug-likeness (QED) is 0.0262. The van der Waals surface area contributed by atoms with Crippen LogP contribution in [-0.2, 0) is 28.6 Å². The minimum Gasteiger partial charge on any atom is -0.462 e. The van der Waals surface area contributed by atoms with Crippen molar-refractivity contribution < 1.29 is 28.6 Å². The van der Waals surface area contributed by atoms with E-state index >= 15 is 0 Å². The van der Waals surface area contributed by atoms with Gasteiger partial charge in [-0.05, 0) is 89.9 Å². The van der Waals surface area contributed by atoms with Crippen molar-refractivity contribution in [3.8, 4) is 0 Å². The van der Waals surface area contributed by atoms with Crippen molar-refractivity contribution in [3.05, 3.63) is 60.8 Å². The normalized spacial score (nSPS) is 12.5. The van der Waals surface area contributed by atoms with Gasteiger partial charge in [-0.1, -0.05) is 242 Å². The van der Waals surface area contributed by atoms with Gasteiger partial charge in [0.25, 0.3) is 0 Å². The lowest BCUT2D eigenvalue weighted by molar-refractivity contribution is -0.167. The van der Waals surface area contributed by atoms with Crippen LogP contribution < -0.4 is 0 Å². The van der Waals surface area contributed by atoms with Gasteiger partial charge in [-0.25, -0.2) is 0 Å². The molecule has 0 aliphatic heterocycles. The van der Waals surface area contributed by atoms with Gasteiger partial charge in [0.05, 0.1) is 0 Å². The Morgan fingerprint density at radius 1 is 0.299 bits per heavy atom. The van der Waals surface area contributed by atoms with Crippen LogP contribution in [0.3, 0.4) is 0 Å². The molecule has 0 aliphatic carbocycles. The summed E-state index contributed by atoms with van der Waals surface area (Å²) >= 11 is 0. The zero-order valence-electron chi connectivity index (χ0n) is 44.4. The highest BCUT2D eigenvalue weighted by Crippen LogP contribution is 2.16. The molecule has 0 aliphatic rings. The molecular formula is C61H108O6.